The average molecular weight is 303 g/mol. The number of nitrogens with zero attached hydrogens (tertiary/aromatic N) is 1. The number of ketones is 1. The summed E-state index contributed by atoms with van der Waals surface area (Å²) in [6, 6.07) is 7.64. The van der Waals surface area contributed by atoms with Gasteiger partial charge in [0, 0.05) is 49.2 Å². The highest BCUT2D eigenvalue weighted by Gasteiger charge is 2.18. The van der Waals surface area contributed by atoms with Gasteiger partial charge in [-0.15, -0.1) is 12.4 Å². The van der Waals surface area contributed by atoms with Crippen LogP contribution in [0.3, 0.4) is 0 Å². The van der Waals surface area contributed by atoms with E-state index in [1.807, 2.05) is 0 Å². The number of halogens is 2. The Morgan fingerprint density at radius 2 is 2.11 bits per heavy atom. The van der Waals surface area contributed by atoms with Crippen molar-refractivity contribution in [1.29, 1.82) is 0 Å². The second-order valence-electron chi connectivity index (χ2n) is 4.77. The van der Waals surface area contributed by atoms with Crippen LogP contribution in [0, 0.1) is 0 Å². The molecule has 1 aliphatic heterocycles. The molecule has 1 aromatic carbocycles. The van der Waals surface area contributed by atoms with Crippen molar-refractivity contribution in [3.8, 4) is 0 Å². The minimum absolute atomic E-state index is 0. The smallest absolute Gasteiger partial charge is 0.164 e. The van der Waals surface area contributed by atoms with Crippen molar-refractivity contribution in [1.82, 2.24) is 10.2 Å². The van der Waals surface area contributed by atoms with E-state index in [0.717, 1.165) is 31.7 Å². The number of hydrogen-bond donors (Lipinski definition) is 1. The lowest BCUT2D eigenvalue weighted by atomic mass is 10.1. The van der Waals surface area contributed by atoms with Gasteiger partial charge in [-0.05, 0) is 31.2 Å². The summed E-state index contributed by atoms with van der Waals surface area (Å²) >= 11 is 5.81. The van der Waals surface area contributed by atoms with Crippen LogP contribution in [0.2, 0.25) is 5.02 Å². The SMILES string of the molecule is CC1CNCCN1CCC(=O)c1ccc(Cl)cc1.Cl. The normalized spacial score (nSPS) is 19.8. The monoisotopic (exact) mass is 302 g/mol. The zero-order valence-corrected chi connectivity index (χ0v) is 12.6. The van der Waals surface area contributed by atoms with E-state index >= 15 is 0 Å². The van der Waals surface area contributed by atoms with Crippen LogP contribution in [0.1, 0.15) is 23.7 Å². The molecule has 19 heavy (non-hydrogen) atoms. The molecule has 1 N–H and O–H groups in total. The molecule has 0 radical (unpaired) electrons. The van der Waals surface area contributed by atoms with Crippen molar-refractivity contribution in [3.05, 3.63) is 34.9 Å². The Hall–Kier alpha value is -0.610. The average Bonchev–Trinajstić information content (AvgIpc) is 2.38. The highest BCUT2D eigenvalue weighted by atomic mass is 35.5. The number of carbonyl (C=O) groups excluding carboxylic acids is 1. The summed E-state index contributed by atoms with van der Waals surface area (Å²) in [5.74, 6) is 0.192. The quantitative estimate of drug-likeness (QED) is 0.868. The molecule has 3 nitrogen and oxygen atoms in total. The molecule has 1 atom stereocenters. The Morgan fingerprint density at radius 3 is 2.74 bits per heavy atom. The lowest BCUT2D eigenvalue weighted by Crippen LogP contribution is -2.50. The molecule has 0 spiro atoms. The first-order valence-corrected chi connectivity index (χ1v) is 6.78. The van der Waals surface area contributed by atoms with E-state index in [-0.39, 0.29) is 18.2 Å². The molecule has 0 bridgehead atoms. The third kappa shape index (κ3) is 4.77. The molecule has 2 rings (SSSR count). The zero-order valence-electron chi connectivity index (χ0n) is 11.1. The van der Waals surface area contributed by atoms with Crippen LogP contribution >= 0.6 is 24.0 Å². The van der Waals surface area contributed by atoms with Gasteiger partial charge >= 0.3 is 0 Å². The number of rotatable bonds is 4. The van der Waals surface area contributed by atoms with Gasteiger partial charge in [-0.1, -0.05) is 11.6 Å². The molecule has 1 unspecified atom stereocenters. The summed E-state index contributed by atoms with van der Waals surface area (Å²) in [5.41, 5.74) is 0.752. The summed E-state index contributed by atoms with van der Waals surface area (Å²) < 4.78 is 0. The molecule has 0 aliphatic carbocycles. The number of piperazine rings is 1. The highest BCUT2D eigenvalue weighted by Crippen LogP contribution is 2.12. The predicted molar refractivity (Wildman–Crippen MR) is 81.6 cm³/mol. The van der Waals surface area contributed by atoms with Gasteiger partial charge in [-0.25, -0.2) is 0 Å². The minimum Gasteiger partial charge on any atom is -0.314 e. The van der Waals surface area contributed by atoms with Gasteiger partial charge in [0.25, 0.3) is 0 Å². The maximum absolute atomic E-state index is 12.0. The maximum Gasteiger partial charge on any atom is 0.164 e. The summed E-state index contributed by atoms with van der Waals surface area (Å²) in [7, 11) is 0. The van der Waals surface area contributed by atoms with Crippen LogP contribution in [-0.4, -0.2) is 42.9 Å². The summed E-state index contributed by atoms with van der Waals surface area (Å²) in [6.07, 6.45) is 0.575. The van der Waals surface area contributed by atoms with E-state index in [2.05, 4.69) is 17.1 Å². The summed E-state index contributed by atoms with van der Waals surface area (Å²) in [4.78, 5) is 14.4. The maximum atomic E-state index is 12.0. The second-order valence-corrected chi connectivity index (χ2v) is 5.21. The van der Waals surface area contributed by atoms with E-state index in [1.165, 1.54) is 0 Å². The predicted octanol–water partition coefficient (Wildman–Crippen LogP) is 2.63. The number of benzene rings is 1. The van der Waals surface area contributed by atoms with Crippen LogP contribution in [0.15, 0.2) is 24.3 Å². The second kappa shape index (κ2) is 7.85. The van der Waals surface area contributed by atoms with Crippen LogP contribution in [-0.2, 0) is 0 Å². The molecule has 0 amide bonds. The van der Waals surface area contributed by atoms with Crippen LogP contribution in [0.25, 0.3) is 0 Å². The Balaban J connectivity index is 0.00000180. The fraction of sp³-hybridized carbons (Fsp3) is 0.500. The van der Waals surface area contributed by atoms with Crippen LogP contribution in [0.5, 0.6) is 0 Å². The first kappa shape index (κ1) is 16.4. The Bertz CT molecular complexity index is 408. The van der Waals surface area contributed by atoms with E-state index in [1.54, 1.807) is 24.3 Å². The van der Waals surface area contributed by atoms with Crippen LogP contribution in [0.4, 0.5) is 0 Å². The van der Waals surface area contributed by atoms with Crippen molar-refractivity contribution >= 4 is 29.8 Å². The Kier molecular flexibility index (Phi) is 6.80. The molecule has 1 aliphatic rings. The highest BCUT2D eigenvalue weighted by molar-refractivity contribution is 6.30. The first-order valence-electron chi connectivity index (χ1n) is 6.40. The third-order valence-corrected chi connectivity index (χ3v) is 3.68. The van der Waals surface area contributed by atoms with E-state index in [4.69, 9.17) is 11.6 Å². The number of nitrogens with one attached hydrogen (secondary N) is 1. The van der Waals surface area contributed by atoms with Crippen molar-refractivity contribution in [2.45, 2.75) is 19.4 Å². The molecular weight excluding hydrogens is 283 g/mol. The van der Waals surface area contributed by atoms with Gasteiger partial charge in [-0.2, -0.15) is 0 Å². The van der Waals surface area contributed by atoms with Gasteiger partial charge in [0.1, 0.15) is 0 Å². The molecule has 106 valence electrons. The van der Waals surface area contributed by atoms with E-state index in [9.17, 15) is 4.79 Å². The van der Waals surface area contributed by atoms with Crippen molar-refractivity contribution in [3.63, 3.8) is 0 Å². The van der Waals surface area contributed by atoms with Gasteiger partial charge in [0.2, 0.25) is 0 Å². The summed E-state index contributed by atoms with van der Waals surface area (Å²) in [6.45, 7) is 6.08. The molecule has 0 aromatic heterocycles. The molecule has 1 aromatic rings. The largest absolute Gasteiger partial charge is 0.314 e. The van der Waals surface area contributed by atoms with Crippen molar-refractivity contribution in [2.75, 3.05) is 26.2 Å². The number of hydrogen-bond acceptors (Lipinski definition) is 3. The van der Waals surface area contributed by atoms with Gasteiger partial charge in [-0.3, -0.25) is 9.69 Å². The lowest BCUT2D eigenvalue weighted by Gasteiger charge is -2.33. The molecular formula is C14H20Cl2N2O. The van der Waals surface area contributed by atoms with Gasteiger partial charge < -0.3 is 5.32 Å². The van der Waals surface area contributed by atoms with Gasteiger partial charge in [0.05, 0.1) is 0 Å². The van der Waals surface area contributed by atoms with Crippen molar-refractivity contribution < 1.29 is 4.79 Å². The molecule has 0 saturated carbocycles. The Labute approximate surface area is 125 Å². The zero-order chi connectivity index (χ0) is 13.0. The molecule has 1 fully saturated rings. The minimum atomic E-state index is 0. The molecule has 5 heteroatoms. The topological polar surface area (TPSA) is 32.3 Å². The standard InChI is InChI=1S/C14H19ClN2O.ClH/c1-11-10-16-7-9-17(11)8-6-14(18)12-2-4-13(15)5-3-12;/h2-5,11,16H,6-10H2,1H3;1H. The van der Waals surface area contributed by atoms with Crippen LogP contribution < -0.4 is 5.32 Å². The lowest BCUT2D eigenvalue weighted by molar-refractivity contribution is 0.0942. The number of carbonyl (C=O) groups is 1. The fourth-order valence-corrected chi connectivity index (χ4v) is 2.37. The van der Waals surface area contributed by atoms with E-state index in [0.29, 0.717) is 17.5 Å². The van der Waals surface area contributed by atoms with Crippen molar-refractivity contribution in [2.24, 2.45) is 0 Å². The van der Waals surface area contributed by atoms with E-state index < -0.39 is 0 Å². The number of Topliss-reactive ketones (excluding diaryl/α,β-unsaturated/α-hetero) is 1. The molecule has 1 heterocycles. The fourth-order valence-electron chi connectivity index (χ4n) is 2.24. The molecule has 1 saturated heterocycles. The first-order chi connectivity index (χ1) is 8.66. The third-order valence-electron chi connectivity index (χ3n) is 3.43. The van der Waals surface area contributed by atoms with Gasteiger partial charge in [0.15, 0.2) is 5.78 Å². The summed E-state index contributed by atoms with van der Waals surface area (Å²) in [5, 5.41) is 4.02. The Morgan fingerprint density at radius 1 is 1.42 bits per heavy atom.